The zero-order valence-electron chi connectivity index (χ0n) is 24.6. The first-order valence-corrected chi connectivity index (χ1v) is 15.5. The molecular weight excluding hydrogens is 574 g/mol. The van der Waals surface area contributed by atoms with Gasteiger partial charge in [-0.2, -0.15) is 0 Å². The van der Waals surface area contributed by atoms with Crippen molar-refractivity contribution in [2.75, 3.05) is 24.5 Å². The number of phenols is 1. The summed E-state index contributed by atoms with van der Waals surface area (Å²) in [4.78, 5) is 29.4. The number of piperidine rings is 1. The molecule has 0 radical (unpaired) electrons. The third-order valence-corrected chi connectivity index (χ3v) is 8.70. The molecule has 6 rings (SSSR count). The van der Waals surface area contributed by atoms with Gasteiger partial charge in [0, 0.05) is 61.5 Å². The minimum Gasteiger partial charge on any atom is -0.508 e. The van der Waals surface area contributed by atoms with Crippen molar-refractivity contribution in [1.82, 2.24) is 10.2 Å². The zero-order chi connectivity index (χ0) is 30.6. The number of likely N-dealkylation sites (tertiary alicyclic amines) is 1. The number of anilines is 1. The number of phenolic OH excluding ortho intramolecular Hbond substituents is 1. The molecule has 2 aliphatic heterocycles. The van der Waals surface area contributed by atoms with Gasteiger partial charge in [0.25, 0.3) is 0 Å². The first kappa shape index (κ1) is 29.6. The van der Waals surface area contributed by atoms with E-state index in [0.29, 0.717) is 46.8 Å². The second-order valence-electron chi connectivity index (χ2n) is 11.6. The number of aromatic hydroxyl groups is 1. The van der Waals surface area contributed by atoms with Crippen LogP contribution in [0.4, 0.5) is 5.69 Å². The van der Waals surface area contributed by atoms with Crippen molar-refractivity contribution in [2.24, 2.45) is 0 Å². The monoisotopic (exact) mass is 609 g/mol. The fourth-order valence-electron chi connectivity index (χ4n) is 6.13. The molecule has 226 valence electrons. The molecule has 0 unspecified atom stereocenters. The lowest BCUT2D eigenvalue weighted by Crippen LogP contribution is -2.34. The van der Waals surface area contributed by atoms with Crippen molar-refractivity contribution >= 4 is 39.9 Å². The lowest BCUT2D eigenvalue weighted by atomic mass is 9.97. The van der Waals surface area contributed by atoms with E-state index in [4.69, 9.17) is 16.0 Å². The van der Waals surface area contributed by atoms with Crippen molar-refractivity contribution in [3.8, 4) is 5.75 Å². The van der Waals surface area contributed by atoms with Gasteiger partial charge in [-0.15, -0.1) is 0 Å². The number of rotatable bonds is 9. The number of fused-ring (bicyclic) bond motifs is 1. The molecule has 3 heterocycles. The third kappa shape index (κ3) is 6.84. The highest BCUT2D eigenvalue weighted by atomic mass is 35.5. The van der Waals surface area contributed by atoms with E-state index in [0.717, 1.165) is 44.5 Å². The van der Waals surface area contributed by atoms with Crippen LogP contribution in [0.1, 0.15) is 42.6 Å². The average Bonchev–Trinajstić information content (AvgIpc) is 3.42. The first-order chi connectivity index (χ1) is 21.3. The van der Waals surface area contributed by atoms with Gasteiger partial charge in [0.05, 0.1) is 11.1 Å². The van der Waals surface area contributed by atoms with E-state index in [1.807, 2.05) is 29.2 Å². The number of nitrogens with one attached hydrogen (secondary N) is 1. The number of hydrogen-bond donors (Lipinski definition) is 2. The molecule has 8 heteroatoms. The molecule has 2 aliphatic rings. The van der Waals surface area contributed by atoms with Crippen molar-refractivity contribution in [3.05, 3.63) is 123 Å². The molecule has 1 atom stereocenters. The van der Waals surface area contributed by atoms with Crippen LogP contribution in [0, 0.1) is 0 Å². The Balaban J connectivity index is 1.19. The second kappa shape index (κ2) is 13.0. The molecule has 2 saturated heterocycles. The summed E-state index contributed by atoms with van der Waals surface area (Å²) in [7, 11) is 0. The topological polar surface area (TPSA) is 86.0 Å². The molecule has 3 aromatic carbocycles. The Hall–Kier alpha value is -4.49. The quantitative estimate of drug-likeness (QED) is 0.206. The molecule has 0 aliphatic carbocycles. The van der Waals surface area contributed by atoms with Crippen LogP contribution in [-0.2, 0) is 17.8 Å². The number of carbonyl (C=O) groups excluding carboxylic acids is 1. The van der Waals surface area contributed by atoms with E-state index in [9.17, 15) is 14.7 Å². The Morgan fingerprint density at radius 3 is 2.52 bits per heavy atom. The Labute approximate surface area is 262 Å². The van der Waals surface area contributed by atoms with Crippen molar-refractivity contribution in [3.63, 3.8) is 0 Å². The number of halogens is 1. The lowest BCUT2D eigenvalue weighted by Gasteiger charge is -2.33. The zero-order valence-corrected chi connectivity index (χ0v) is 25.4. The van der Waals surface area contributed by atoms with Gasteiger partial charge in [-0.1, -0.05) is 60.2 Å². The fraction of sp³-hybridized carbons (Fsp3) is 0.278. The highest BCUT2D eigenvalue weighted by Gasteiger charge is 2.23. The van der Waals surface area contributed by atoms with E-state index < -0.39 is 0 Å². The van der Waals surface area contributed by atoms with Crippen molar-refractivity contribution in [1.29, 1.82) is 0 Å². The molecule has 7 nitrogen and oxygen atoms in total. The van der Waals surface area contributed by atoms with Gasteiger partial charge in [0.15, 0.2) is 11.2 Å². The van der Waals surface area contributed by atoms with Gasteiger partial charge in [0.2, 0.25) is 5.91 Å². The van der Waals surface area contributed by atoms with Crippen LogP contribution in [0.5, 0.6) is 5.75 Å². The van der Waals surface area contributed by atoms with Gasteiger partial charge in [0.1, 0.15) is 11.3 Å². The maximum Gasteiger partial charge on any atom is 0.222 e. The van der Waals surface area contributed by atoms with E-state index in [-0.39, 0.29) is 23.1 Å². The Bertz CT molecular complexity index is 1770. The predicted molar refractivity (Wildman–Crippen MR) is 176 cm³/mol. The fourth-order valence-corrected chi connectivity index (χ4v) is 6.26. The van der Waals surface area contributed by atoms with Gasteiger partial charge >= 0.3 is 0 Å². The lowest BCUT2D eigenvalue weighted by molar-refractivity contribution is -0.128. The number of amides is 1. The SMILES string of the molecule is C=C(N[C@@H](C=C1CCN(c2ccccc2CN2CCCC2=O)CC1)Cc1ccc(Cl)cc1)c1cc(=O)c2ccc(O)cc2o1. The molecule has 0 spiro atoms. The molecule has 0 saturated carbocycles. The summed E-state index contributed by atoms with van der Waals surface area (Å²) in [5, 5.41) is 14.5. The molecular formula is C36H36ClN3O4. The van der Waals surface area contributed by atoms with Gasteiger partial charge in [-0.05, 0) is 67.1 Å². The van der Waals surface area contributed by atoms with Crippen LogP contribution in [-0.4, -0.2) is 41.6 Å². The molecule has 2 N–H and O–H groups in total. The maximum absolute atomic E-state index is 12.8. The minimum absolute atomic E-state index is 0.0280. The Morgan fingerprint density at radius 1 is 1.00 bits per heavy atom. The van der Waals surface area contributed by atoms with Gasteiger partial charge < -0.3 is 24.6 Å². The smallest absolute Gasteiger partial charge is 0.222 e. The standard InChI is InChI=1S/C36H36ClN3O4/c1-24(34-22-33(42)31-13-12-30(41)21-35(31)44-34)38-29(19-25-8-10-28(37)11-9-25)20-26-14-17-39(18-15-26)32-6-3-2-5-27(32)23-40-16-4-7-36(40)43/h2-3,5-6,8-13,20-22,29,38,41H,1,4,7,14-19,23H2/t29-/m1/s1. The number of carbonyl (C=O) groups is 1. The van der Waals surface area contributed by atoms with Crippen LogP contribution in [0.3, 0.4) is 0 Å². The van der Waals surface area contributed by atoms with Crippen LogP contribution in [0.25, 0.3) is 16.7 Å². The van der Waals surface area contributed by atoms with E-state index >= 15 is 0 Å². The number of hydrogen-bond acceptors (Lipinski definition) is 6. The highest BCUT2D eigenvalue weighted by Crippen LogP contribution is 2.29. The normalized spacial score (nSPS) is 15.9. The van der Waals surface area contributed by atoms with Crippen molar-refractivity contribution < 1.29 is 14.3 Å². The van der Waals surface area contributed by atoms with Crippen LogP contribution >= 0.6 is 11.6 Å². The molecule has 44 heavy (non-hydrogen) atoms. The maximum atomic E-state index is 12.8. The van der Waals surface area contributed by atoms with E-state index in [2.05, 4.69) is 47.1 Å². The summed E-state index contributed by atoms with van der Waals surface area (Å²) in [6.45, 7) is 7.46. The van der Waals surface area contributed by atoms with E-state index in [1.165, 1.54) is 35.0 Å². The molecule has 2 fully saturated rings. The Kier molecular flexibility index (Phi) is 8.75. The first-order valence-electron chi connectivity index (χ1n) is 15.1. The van der Waals surface area contributed by atoms with Crippen LogP contribution in [0.2, 0.25) is 5.02 Å². The van der Waals surface area contributed by atoms with Crippen LogP contribution < -0.4 is 15.6 Å². The third-order valence-electron chi connectivity index (χ3n) is 8.45. The van der Waals surface area contributed by atoms with E-state index in [1.54, 1.807) is 6.07 Å². The largest absolute Gasteiger partial charge is 0.508 e. The molecule has 1 amide bonds. The predicted octanol–water partition coefficient (Wildman–Crippen LogP) is 6.67. The summed E-state index contributed by atoms with van der Waals surface area (Å²) < 4.78 is 5.98. The van der Waals surface area contributed by atoms with Gasteiger partial charge in [-0.25, -0.2) is 0 Å². The molecule has 1 aromatic heterocycles. The number of nitrogens with zero attached hydrogens (tertiary/aromatic N) is 2. The summed E-state index contributed by atoms with van der Waals surface area (Å²) in [6.07, 6.45) is 6.37. The Morgan fingerprint density at radius 2 is 1.77 bits per heavy atom. The average molecular weight is 610 g/mol. The summed E-state index contributed by atoms with van der Waals surface area (Å²) in [5.41, 5.74) is 5.46. The second-order valence-corrected chi connectivity index (χ2v) is 12.0. The summed E-state index contributed by atoms with van der Waals surface area (Å²) in [6, 6.07) is 22.0. The summed E-state index contributed by atoms with van der Waals surface area (Å²) >= 11 is 6.15. The van der Waals surface area contributed by atoms with Gasteiger partial charge in [-0.3, -0.25) is 9.59 Å². The van der Waals surface area contributed by atoms with Crippen molar-refractivity contribution in [2.45, 2.75) is 44.7 Å². The molecule has 4 aromatic rings. The number of para-hydroxylation sites is 1. The van der Waals surface area contributed by atoms with Crippen LogP contribution in [0.15, 0.2) is 100 Å². The number of benzene rings is 3. The molecule has 0 bridgehead atoms. The summed E-state index contributed by atoms with van der Waals surface area (Å²) in [5.74, 6) is 0.598. The highest BCUT2D eigenvalue weighted by molar-refractivity contribution is 6.30. The minimum atomic E-state index is -0.196.